The van der Waals surface area contributed by atoms with Crippen LogP contribution in [-0.4, -0.2) is 17.4 Å². The molecule has 1 aromatic heterocycles. The summed E-state index contributed by atoms with van der Waals surface area (Å²) in [6.45, 7) is 4.31. The summed E-state index contributed by atoms with van der Waals surface area (Å²) < 4.78 is 5.58. The van der Waals surface area contributed by atoms with Crippen LogP contribution < -0.4 is 4.74 Å². The van der Waals surface area contributed by atoms with Crippen LogP contribution in [0.3, 0.4) is 0 Å². The number of pyridine rings is 1. The van der Waals surface area contributed by atoms with Crippen molar-refractivity contribution in [3.8, 4) is 5.75 Å². The predicted molar refractivity (Wildman–Crippen MR) is 74.6 cm³/mol. The van der Waals surface area contributed by atoms with Crippen molar-refractivity contribution in [2.24, 2.45) is 0 Å². The largest absolute Gasteiger partial charge is 0.493 e. The Hall–Kier alpha value is -2.16. The zero-order valence-corrected chi connectivity index (χ0v) is 11.2. The lowest BCUT2D eigenvalue weighted by atomic mass is 10.1. The molecule has 1 aromatic carbocycles. The van der Waals surface area contributed by atoms with Gasteiger partial charge in [-0.05, 0) is 43.2 Å². The molecule has 0 N–H and O–H groups in total. The Kier molecular flexibility index (Phi) is 4.29. The zero-order valence-electron chi connectivity index (χ0n) is 11.2. The molecule has 0 radical (unpaired) electrons. The van der Waals surface area contributed by atoms with Crippen molar-refractivity contribution in [3.05, 3.63) is 59.4 Å². The normalized spacial score (nSPS) is 10.2. The average molecular weight is 255 g/mol. The summed E-state index contributed by atoms with van der Waals surface area (Å²) in [4.78, 5) is 16.0. The van der Waals surface area contributed by atoms with Gasteiger partial charge in [-0.1, -0.05) is 12.1 Å². The van der Waals surface area contributed by atoms with Gasteiger partial charge >= 0.3 is 0 Å². The fourth-order valence-electron chi connectivity index (χ4n) is 1.86. The summed E-state index contributed by atoms with van der Waals surface area (Å²) in [5, 5.41) is 0. The first-order chi connectivity index (χ1) is 9.16. The molecule has 3 nitrogen and oxygen atoms in total. The summed E-state index contributed by atoms with van der Waals surface area (Å²) in [5.41, 5.74) is 2.78. The summed E-state index contributed by atoms with van der Waals surface area (Å²) >= 11 is 0. The Labute approximate surface area is 113 Å². The van der Waals surface area contributed by atoms with Crippen molar-refractivity contribution in [2.75, 3.05) is 6.61 Å². The van der Waals surface area contributed by atoms with Gasteiger partial charge < -0.3 is 4.74 Å². The molecule has 1 heterocycles. The minimum absolute atomic E-state index is 0.0678. The van der Waals surface area contributed by atoms with E-state index in [4.69, 9.17) is 4.74 Å². The number of carbonyl (C=O) groups is 1. The molecule has 0 aliphatic heterocycles. The second-order valence-electron chi connectivity index (χ2n) is 4.53. The van der Waals surface area contributed by atoms with Gasteiger partial charge in [-0.25, -0.2) is 0 Å². The molecule has 0 spiro atoms. The molecule has 2 aromatic rings. The van der Waals surface area contributed by atoms with E-state index < -0.39 is 0 Å². The lowest BCUT2D eigenvalue weighted by Crippen LogP contribution is -2.08. The minimum atomic E-state index is 0.0678. The summed E-state index contributed by atoms with van der Waals surface area (Å²) in [6.07, 6.45) is 3.67. The number of aryl methyl sites for hydroxylation is 2. The summed E-state index contributed by atoms with van der Waals surface area (Å²) in [5.74, 6) is 0.869. The lowest BCUT2D eigenvalue weighted by Gasteiger charge is -2.07. The zero-order chi connectivity index (χ0) is 13.7. The van der Waals surface area contributed by atoms with Gasteiger partial charge in [-0.2, -0.15) is 0 Å². The molecule has 19 heavy (non-hydrogen) atoms. The Balaban J connectivity index is 1.90. The number of ketones is 1. The Morgan fingerprint density at radius 2 is 2.11 bits per heavy atom. The van der Waals surface area contributed by atoms with Gasteiger partial charge in [0.05, 0.1) is 6.61 Å². The SMILES string of the molecule is Cc1cccc(OCCC(=O)c2cnccc2C)c1. The Morgan fingerprint density at radius 3 is 2.84 bits per heavy atom. The Morgan fingerprint density at radius 1 is 1.26 bits per heavy atom. The first-order valence-corrected chi connectivity index (χ1v) is 6.30. The second kappa shape index (κ2) is 6.14. The Bertz CT molecular complexity index is 578. The molecule has 0 saturated heterocycles. The van der Waals surface area contributed by atoms with E-state index >= 15 is 0 Å². The van der Waals surface area contributed by atoms with Gasteiger partial charge in [-0.3, -0.25) is 9.78 Å². The van der Waals surface area contributed by atoms with Crippen LogP contribution in [0.15, 0.2) is 42.7 Å². The molecular weight excluding hydrogens is 238 g/mol. The maximum Gasteiger partial charge on any atom is 0.168 e. The number of aromatic nitrogens is 1. The third-order valence-electron chi connectivity index (χ3n) is 2.93. The van der Waals surface area contributed by atoms with Gasteiger partial charge in [-0.15, -0.1) is 0 Å². The third kappa shape index (κ3) is 3.65. The molecule has 0 aliphatic carbocycles. The molecule has 0 saturated carbocycles. The van der Waals surface area contributed by atoms with E-state index in [0.29, 0.717) is 18.6 Å². The topological polar surface area (TPSA) is 39.2 Å². The molecule has 0 aliphatic rings. The lowest BCUT2D eigenvalue weighted by molar-refractivity contribution is 0.0961. The quantitative estimate of drug-likeness (QED) is 0.769. The van der Waals surface area contributed by atoms with E-state index in [1.807, 2.05) is 44.2 Å². The number of hydrogen-bond donors (Lipinski definition) is 0. The van der Waals surface area contributed by atoms with Crippen LogP contribution in [0.2, 0.25) is 0 Å². The number of carbonyl (C=O) groups excluding carboxylic acids is 1. The number of nitrogens with zero attached hydrogens (tertiary/aromatic N) is 1. The number of Topliss-reactive ketones (excluding diaryl/α,β-unsaturated/α-hetero) is 1. The minimum Gasteiger partial charge on any atom is -0.493 e. The van der Waals surface area contributed by atoms with Crippen LogP contribution in [0, 0.1) is 13.8 Å². The van der Waals surface area contributed by atoms with Gasteiger partial charge in [0.2, 0.25) is 0 Å². The fraction of sp³-hybridized carbons (Fsp3) is 0.250. The van der Waals surface area contributed by atoms with Crippen molar-refractivity contribution in [2.45, 2.75) is 20.3 Å². The molecule has 2 rings (SSSR count). The van der Waals surface area contributed by atoms with E-state index in [1.54, 1.807) is 12.4 Å². The number of rotatable bonds is 5. The van der Waals surface area contributed by atoms with Crippen LogP contribution in [0.4, 0.5) is 0 Å². The highest BCUT2D eigenvalue weighted by molar-refractivity contribution is 5.97. The molecule has 98 valence electrons. The standard InChI is InChI=1S/C16H17NO2/c1-12-4-3-5-14(10-12)19-9-7-16(18)15-11-17-8-6-13(15)2/h3-6,8,10-11H,7,9H2,1-2H3. The smallest absolute Gasteiger partial charge is 0.168 e. The maximum atomic E-state index is 12.0. The number of ether oxygens (including phenoxy) is 1. The average Bonchev–Trinajstić information content (AvgIpc) is 2.39. The van der Waals surface area contributed by atoms with Crippen LogP contribution in [0.5, 0.6) is 5.75 Å². The molecule has 0 amide bonds. The van der Waals surface area contributed by atoms with Crippen molar-refractivity contribution < 1.29 is 9.53 Å². The maximum absolute atomic E-state index is 12.0. The number of hydrogen-bond acceptors (Lipinski definition) is 3. The highest BCUT2D eigenvalue weighted by Crippen LogP contribution is 2.13. The van der Waals surface area contributed by atoms with Crippen LogP contribution in [-0.2, 0) is 0 Å². The predicted octanol–water partition coefficient (Wildman–Crippen LogP) is 3.35. The van der Waals surface area contributed by atoms with Gasteiger partial charge in [0.1, 0.15) is 5.75 Å². The van der Waals surface area contributed by atoms with Gasteiger partial charge in [0.15, 0.2) is 5.78 Å². The first kappa shape index (κ1) is 13.3. The molecule has 0 fully saturated rings. The fourth-order valence-corrected chi connectivity index (χ4v) is 1.86. The van der Waals surface area contributed by atoms with Gasteiger partial charge in [0.25, 0.3) is 0 Å². The summed E-state index contributed by atoms with van der Waals surface area (Å²) in [7, 11) is 0. The highest BCUT2D eigenvalue weighted by Gasteiger charge is 2.09. The number of benzene rings is 1. The second-order valence-corrected chi connectivity index (χ2v) is 4.53. The van der Waals surface area contributed by atoms with Crippen molar-refractivity contribution in [1.82, 2.24) is 4.98 Å². The van der Waals surface area contributed by atoms with Crippen LogP contribution in [0.25, 0.3) is 0 Å². The molecule has 0 bridgehead atoms. The molecule has 0 atom stereocenters. The van der Waals surface area contributed by atoms with Crippen LogP contribution >= 0.6 is 0 Å². The van der Waals surface area contributed by atoms with E-state index in [9.17, 15) is 4.79 Å². The van der Waals surface area contributed by atoms with Crippen molar-refractivity contribution in [1.29, 1.82) is 0 Å². The van der Waals surface area contributed by atoms with E-state index in [0.717, 1.165) is 16.9 Å². The molecular formula is C16H17NO2. The van der Waals surface area contributed by atoms with E-state index in [1.165, 1.54) is 0 Å². The monoisotopic (exact) mass is 255 g/mol. The van der Waals surface area contributed by atoms with Crippen LogP contribution in [0.1, 0.15) is 27.9 Å². The first-order valence-electron chi connectivity index (χ1n) is 6.30. The third-order valence-corrected chi connectivity index (χ3v) is 2.93. The molecule has 0 unspecified atom stereocenters. The van der Waals surface area contributed by atoms with E-state index in [2.05, 4.69) is 4.98 Å². The summed E-state index contributed by atoms with van der Waals surface area (Å²) in [6, 6.07) is 9.65. The van der Waals surface area contributed by atoms with Gasteiger partial charge in [0, 0.05) is 24.4 Å². The van der Waals surface area contributed by atoms with E-state index in [-0.39, 0.29) is 5.78 Å². The van der Waals surface area contributed by atoms with Crippen molar-refractivity contribution >= 4 is 5.78 Å². The molecule has 3 heteroatoms. The van der Waals surface area contributed by atoms with Crippen molar-refractivity contribution in [3.63, 3.8) is 0 Å². The highest BCUT2D eigenvalue weighted by atomic mass is 16.5.